The van der Waals surface area contributed by atoms with Gasteiger partial charge < -0.3 is 15.4 Å². The molecule has 0 bridgehead atoms. The number of ether oxygens (including phenoxy) is 1. The van der Waals surface area contributed by atoms with Gasteiger partial charge in [-0.05, 0) is 24.6 Å². The van der Waals surface area contributed by atoms with E-state index < -0.39 is 0 Å². The lowest BCUT2D eigenvalue weighted by atomic mass is 9.89. The minimum absolute atomic E-state index is 0.0532. The molecular formula is C15H22N2O2. The smallest absolute Gasteiger partial charge is 0.230 e. The zero-order chi connectivity index (χ0) is 13.9. The van der Waals surface area contributed by atoms with E-state index in [4.69, 9.17) is 4.74 Å². The Morgan fingerprint density at radius 3 is 3.00 bits per heavy atom. The van der Waals surface area contributed by atoms with Gasteiger partial charge in [-0.15, -0.1) is 0 Å². The van der Waals surface area contributed by atoms with Crippen LogP contribution in [-0.4, -0.2) is 19.1 Å². The van der Waals surface area contributed by atoms with Crippen LogP contribution in [0.3, 0.4) is 0 Å². The van der Waals surface area contributed by atoms with Gasteiger partial charge in [-0.3, -0.25) is 4.79 Å². The second kappa shape index (κ2) is 5.61. The van der Waals surface area contributed by atoms with Crippen molar-refractivity contribution in [2.45, 2.75) is 33.7 Å². The average Bonchev–Trinajstić information content (AvgIpc) is 2.63. The average molecular weight is 262 g/mol. The molecule has 1 heterocycles. The van der Waals surface area contributed by atoms with E-state index in [2.05, 4.69) is 10.6 Å². The summed E-state index contributed by atoms with van der Waals surface area (Å²) >= 11 is 0. The number of fused-ring (bicyclic) bond motifs is 1. The summed E-state index contributed by atoms with van der Waals surface area (Å²) in [5.41, 5.74) is 1.57. The molecule has 0 saturated heterocycles. The highest BCUT2D eigenvalue weighted by molar-refractivity contribution is 5.94. The second-order valence-corrected chi connectivity index (χ2v) is 5.54. The maximum absolute atomic E-state index is 12.1. The second-order valence-electron chi connectivity index (χ2n) is 5.54. The fourth-order valence-corrected chi connectivity index (χ4v) is 1.85. The molecule has 1 aliphatic rings. The van der Waals surface area contributed by atoms with Gasteiger partial charge in [0.2, 0.25) is 5.91 Å². The van der Waals surface area contributed by atoms with E-state index in [-0.39, 0.29) is 11.3 Å². The molecule has 4 heteroatoms. The molecule has 0 spiro atoms. The van der Waals surface area contributed by atoms with Crippen molar-refractivity contribution in [3.63, 3.8) is 0 Å². The number of rotatable bonds is 3. The van der Waals surface area contributed by atoms with Crippen molar-refractivity contribution in [1.29, 1.82) is 0 Å². The summed E-state index contributed by atoms with van der Waals surface area (Å²) in [7, 11) is 0. The lowest BCUT2D eigenvalue weighted by Crippen LogP contribution is -2.30. The molecule has 4 nitrogen and oxygen atoms in total. The zero-order valence-corrected chi connectivity index (χ0v) is 11.9. The number of carbonyl (C=O) groups is 1. The SMILES string of the molecule is CCC(C)(C)C(=O)Nc1ccc2c(c1)CNCCO2. The van der Waals surface area contributed by atoms with Gasteiger partial charge in [-0.25, -0.2) is 0 Å². The number of carbonyl (C=O) groups excluding carboxylic acids is 1. The van der Waals surface area contributed by atoms with Crippen LogP contribution in [0.4, 0.5) is 5.69 Å². The van der Waals surface area contributed by atoms with E-state index in [0.717, 1.165) is 36.5 Å². The first-order chi connectivity index (χ1) is 9.03. The molecule has 0 aromatic heterocycles. The van der Waals surface area contributed by atoms with Crippen LogP contribution in [0.5, 0.6) is 5.75 Å². The van der Waals surface area contributed by atoms with Crippen LogP contribution in [0, 0.1) is 5.41 Å². The van der Waals surface area contributed by atoms with Crippen molar-refractivity contribution in [2.75, 3.05) is 18.5 Å². The number of anilines is 1. The van der Waals surface area contributed by atoms with Crippen molar-refractivity contribution in [2.24, 2.45) is 5.41 Å². The fourth-order valence-electron chi connectivity index (χ4n) is 1.85. The standard InChI is InChI=1S/C15H22N2O2/c1-4-15(2,3)14(18)17-12-5-6-13-11(9-12)10-16-7-8-19-13/h5-6,9,16H,4,7-8,10H2,1-3H3,(H,17,18). The van der Waals surface area contributed by atoms with Crippen molar-refractivity contribution in [3.05, 3.63) is 23.8 Å². The molecule has 2 rings (SSSR count). The summed E-state index contributed by atoms with van der Waals surface area (Å²) < 4.78 is 5.62. The van der Waals surface area contributed by atoms with E-state index in [1.54, 1.807) is 0 Å². The van der Waals surface area contributed by atoms with Gasteiger partial charge in [0.05, 0.1) is 0 Å². The Labute approximate surface area is 114 Å². The first kappa shape index (κ1) is 13.9. The first-order valence-electron chi connectivity index (χ1n) is 6.81. The quantitative estimate of drug-likeness (QED) is 0.880. The maximum atomic E-state index is 12.1. The van der Waals surface area contributed by atoms with Crippen LogP contribution in [0.15, 0.2) is 18.2 Å². The molecule has 1 aliphatic heterocycles. The third-order valence-corrected chi connectivity index (χ3v) is 3.67. The van der Waals surface area contributed by atoms with Crippen LogP contribution in [-0.2, 0) is 11.3 Å². The highest BCUT2D eigenvalue weighted by Gasteiger charge is 2.25. The first-order valence-corrected chi connectivity index (χ1v) is 6.81. The Morgan fingerprint density at radius 2 is 2.26 bits per heavy atom. The van der Waals surface area contributed by atoms with Crippen LogP contribution >= 0.6 is 0 Å². The van der Waals surface area contributed by atoms with Crippen LogP contribution in [0.1, 0.15) is 32.8 Å². The molecule has 0 atom stereocenters. The Hall–Kier alpha value is -1.55. The summed E-state index contributed by atoms with van der Waals surface area (Å²) in [5.74, 6) is 0.954. The van der Waals surface area contributed by atoms with Crippen LogP contribution in [0.25, 0.3) is 0 Å². The molecule has 0 fully saturated rings. The lowest BCUT2D eigenvalue weighted by Gasteiger charge is -2.21. The van der Waals surface area contributed by atoms with Crippen LogP contribution in [0.2, 0.25) is 0 Å². The fraction of sp³-hybridized carbons (Fsp3) is 0.533. The molecule has 1 aromatic carbocycles. The molecule has 19 heavy (non-hydrogen) atoms. The maximum Gasteiger partial charge on any atom is 0.230 e. The third-order valence-electron chi connectivity index (χ3n) is 3.67. The summed E-state index contributed by atoms with van der Waals surface area (Å²) in [5, 5.41) is 6.27. The number of hydrogen-bond donors (Lipinski definition) is 2. The molecule has 1 aromatic rings. The van der Waals surface area contributed by atoms with Crippen molar-refractivity contribution in [3.8, 4) is 5.75 Å². The molecule has 104 valence electrons. The topological polar surface area (TPSA) is 50.4 Å². The molecular weight excluding hydrogens is 240 g/mol. The number of benzene rings is 1. The number of amides is 1. The zero-order valence-electron chi connectivity index (χ0n) is 11.9. The van der Waals surface area contributed by atoms with Gasteiger partial charge in [-0.2, -0.15) is 0 Å². The molecule has 0 aliphatic carbocycles. The van der Waals surface area contributed by atoms with Crippen LogP contribution < -0.4 is 15.4 Å². The molecule has 0 saturated carbocycles. The predicted octanol–water partition coefficient (Wildman–Crippen LogP) is 2.54. The Morgan fingerprint density at radius 1 is 1.47 bits per heavy atom. The van der Waals surface area contributed by atoms with Gasteiger partial charge in [0.1, 0.15) is 12.4 Å². The highest BCUT2D eigenvalue weighted by atomic mass is 16.5. The molecule has 1 amide bonds. The molecule has 2 N–H and O–H groups in total. The van der Waals surface area contributed by atoms with Gasteiger partial charge in [0.15, 0.2) is 0 Å². The van der Waals surface area contributed by atoms with Crippen molar-refractivity contribution >= 4 is 11.6 Å². The van der Waals surface area contributed by atoms with Crippen molar-refractivity contribution < 1.29 is 9.53 Å². The van der Waals surface area contributed by atoms with E-state index in [0.29, 0.717) is 6.61 Å². The summed E-state index contributed by atoms with van der Waals surface area (Å²) in [6, 6.07) is 5.81. The van der Waals surface area contributed by atoms with Gasteiger partial charge >= 0.3 is 0 Å². The van der Waals surface area contributed by atoms with E-state index in [1.165, 1.54) is 0 Å². The Kier molecular flexibility index (Phi) is 4.10. The number of nitrogens with one attached hydrogen (secondary N) is 2. The highest BCUT2D eigenvalue weighted by Crippen LogP contribution is 2.26. The Balaban J connectivity index is 2.14. The van der Waals surface area contributed by atoms with Crippen molar-refractivity contribution in [1.82, 2.24) is 5.32 Å². The lowest BCUT2D eigenvalue weighted by molar-refractivity contribution is -0.124. The Bertz CT molecular complexity index is 469. The van der Waals surface area contributed by atoms with Gasteiger partial charge in [0.25, 0.3) is 0 Å². The molecule has 0 unspecified atom stereocenters. The largest absolute Gasteiger partial charge is 0.492 e. The minimum atomic E-state index is -0.346. The number of hydrogen-bond acceptors (Lipinski definition) is 3. The van der Waals surface area contributed by atoms with Gasteiger partial charge in [0, 0.05) is 29.8 Å². The molecule has 0 radical (unpaired) electrons. The van der Waals surface area contributed by atoms with E-state index in [1.807, 2.05) is 39.0 Å². The minimum Gasteiger partial charge on any atom is -0.492 e. The normalized spacial score (nSPS) is 15.1. The predicted molar refractivity (Wildman–Crippen MR) is 76.3 cm³/mol. The summed E-state index contributed by atoms with van der Waals surface area (Å²) in [4.78, 5) is 12.1. The summed E-state index contributed by atoms with van der Waals surface area (Å²) in [6.07, 6.45) is 0.814. The third kappa shape index (κ3) is 3.26. The van der Waals surface area contributed by atoms with Gasteiger partial charge in [-0.1, -0.05) is 20.8 Å². The summed E-state index contributed by atoms with van der Waals surface area (Å²) in [6.45, 7) is 8.23. The van der Waals surface area contributed by atoms with E-state index in [9.17, 15) is 4.79 Å². The monoisotopic (exact) mass is 262 g/mol. The van der Waals surface area contributed by atoms with E-state index >= 15 is 0 Å².